The van der Waals surface area contributed by atoms with Gasteiger partial charge in [0.05, 0.1) is 5.69 Å². The van der Waals surface area contributed by atoms with Gasteiger partial charge in [0.2, 0.25) is 0 Å². The van der Waals surface area contributed by atoms with E-state index in [1.807, 2.05) is 30.3 Å². The molecule has 0 amide bonds. The molecule has 2 aromatic carbocycles. The van der Waals surface area contributed by atoms with Gasteiger partial charge in [0.1, 0.15) is 17.7 Å². The van der Waals surface area contributed by atoms with Crippen molar-refractivity contribution in [3.63, 3.8) is 0 Å². The zero-order valence-electron chi connectivity index (χ0n) is 14.1. The van der Waals surface area contributed by atoms with Crippen molar-refractivity contribution in [2.75, 3.05) is 10.9 Å². The molecular weight excluding hydrogens is 348 g/mol. The van der Waals surface area contributed by atoms with Crippen molar-refractivity contribution in [2.45, 2.75) is 6.04 Å². The summed E-state index contributed by atoms with van der Waals surface area (Å²) in [5, 5.41) is 2.30. The Morgan fingerprint density at radius 2 is 1.74 bits per heavy atom. The minimum atomic E-state index is -0.690. The van der Waals surface area contributed by atoms with Crippen LogP contribution in [0.2, 0.25) is 0 Å². The predicted octanol–water partition coefficient (Wildman–Crippen LogP) is 3.48. The summed E-state index contributed by atoms with van der Waals surface area (Å²) in [6, 6.07) is 12.3. The summed E-state index contributed by atoms with van der Waals surface area (Å²) in [5.74, 6) is 11.3. The van der Waals surface area contributed by atoms with Gasteiger partial charge >= 0.3 is 0 Å². The summed E-state index contributed by atoms with van der Waals surface area (Å²) in [6.45, 7) is 0. The molecule has 0 saturated heterocycles. The van der Waals surface area contributed by atoms with Crippen LogP contribution in [0.4, 0.5) is 14.5 Å². The largest absolute Gasteiger partial charge is 0.338 e. The van der Waals surface area contributed by atoms with Crippen LogP contribution in [0.1, 0.15) is 17.2 Å². The number of hydrogen-bond donors (Lipinski definition) is 2. The molecule has 0 fully saturated rings. The molecular formula is C20H15F2N5. The predicted molar refractivity (Wildman–Crippen MR) is 100 cm³/mol. The molecule has 5 rings (SSSR count). The van der Waals surface area contributed by atoms with Gasteiger partial charge in [-0.25, -0.2) is 19.6 Å². The number of nitrogens with two attached hydrogens (primary N) is 2. The van der Waals surface area contributed by atoms with Crippen LogP contribution in [0.5, 0.6) is 0 Å². The summed E-state index contributed by atoms with van der Waals surface area (Å²) >= 11 is 0. The fourth-order valence-electron chi connectivity index (χ4n) is 3.89. The molecule has 2 aromatic heterocycles. The number of rotatable bonds is 1. The summed E-state index contributed by atoms with van der Waals surface area (Å²) in [7, 11) is 0. The molecule has 1 aliphatic heterocycles. The number of nitrogen functional groups attached to an aromatic ring is 1. The SMILES string of the molecule is NN1c2ccccc2-c2ccnc3c2c(cn3N)C1c1ccc(F)cc1F. The highest BCUT2D eigenvalue weighted by Gasteiger charge is 2.33. The molecule has 0 spiro atoms. The lowest BCUT2D eigenvalue weighted by Crippen LogP contribution is -2.36. The lowest BCUT2D eigenvalue weighted by molar-refractivity contribution is 0.560. The second-order valence-corrected chi connectivity index (χ2v) is 6.54. The molecule has 5 nitrogen and oxygen atoms in total. The minimum Gasteiger partial charge on any atom is -0.338 e. The first-order valence-corrected chi connectivity index (χ1v) is 8.39. The molecule has 7 heteroatoms. The number of nitrogens with zero attached hydrogens (tertiary/aromatic N) is 3. The molecule has 1 unspecified atom stereocenters. The van der Waals surface area contributed by atoms with Gasteiger partial charge in [0.25, 0.3) is 0 Å². The van der Waals surface area contributed by atoms with Crippen LogP contribution in [-0.2, 0) is 0 Å². The van der Waals surface area contributed by atoms with E-state index in [1.165, 1.54) is 21.8 Å². The highest BCUT2D eigenvalue weighted by Crippen LogP contribution is 2.46. The zero-order chi connectivity index (χ0) is 18.7. The normalized spacial score (nSPS) is 15.7. The van der Waals surface area contributed by atoms with E-state index in [-0.39, 0.29) is 5.56 Å². The van der Waals surface area contributed by atoms with Crippen molar-refractivity contribution in [3.05, 3.63) is 83.7 Å². The number of halogens is 2. The van der Waals surface area contributed by atoms with Gasteiger partial charge in [-0.05, 0) is 23.8 Å². The Morgan fingerprint density at radius 1 is 0.926 bits per heavy atom. The Hall–Kier alpha value is -3.45. The highest BCUT2D eigenvalue weighted by molar-refractivity contribution is 6.01. The molecule has 0 bridgehead atoms. The Kier molecular flexibility index (Phi) is 3.23. The van der Waals surface area contributed by atoms with Crippen molar-refractivity contribution in [2.24, 2.45) is 5.84 Å². The monoisotopic (exact) mass is 363 g/mol. The minimum absolute atomic E-state index is 0.262. The third-order valence-corrected chi connectivity index (χ3v) is 5.04. The third kappa shape index (κ3) is 2.15. The van der Waals surface area contributed by atoms with Gasteiger partial charge < -0.3 is 5.84 Å². The van der Waals surface area contributed by atoms with Crippen LogP contribution in [0.15, 0.2) is 60.9 Å². The van der Waals surface area contributed by atoms with E-state index in [2.05, 4.69) is 4.98 Å². The zero-order valence-corrected chi connectivity index (χ0v) is 14.1. The topological polar surface area (TPSA) is 73.1 Å². The van der Waals surface area contributed by atoms with Crippen LogP contribution in [0, 0.1) is 11.6 Å². The average molecular weight is 363 g/mol. The van der Waals surface area contributed by atoms with Crippen molar-refractivity contribution < 1.29 is 8.78 Å². The maximum atomic E-state index is 14.7. The fourth-order valence-corrected chi connectivity index (χ4v) is 3.89. The Labute approximate surface area is 153 Å². The second-order valence-electron chi connectivity index (χ2n) is 6.54. The number of pyridine rings is 1. The van der Waals surface area contributed by atoms with Crippen molar-refractivity contribution in [1.29, 1.82) is 0 Å². The summed E-state index contributed by atoms with van der Waals surface area (Å²) in [4.78, 5) is 4.37. The van der Waals surface area contributed by atoms with E-state index in [4.69, 9.17) is 11.7 Å². The Morgan fingerprint density at radius 3 is 2.56 bits per heavy atom. The molecule has 0 radical (unpaired) electrons. The van der Waals surface area contributed by atoms with Gasteiger partial charge in [-0.1, -0.05) is 24.3 Å². The molecule has 4 aromatic rings. The van der Waals surface area contributed by atoms with Crippen LogP contribution in [0.3, 0.4) is 0 Å². The number of hydrazine groups is 1. The summed E-state index contributed by atoms with van der Waals surface area (Å²) in [6.07, 6.45) is 3.38. The van der Waals surface area contributed by atoms with Crippen LogP contribution in [0.25, 0.3) is 22.2 Å². The van der Waals surface area contributed by atoms with E-state index < -0.39 is 17.7 Å². The van der Waals surface area contributed by atoms with E-state index >= 15 is 0 Å². The van der Waals surface area contributed by atoms with Crippen LogP contribution < -0.4 is 16.7 Å². The first-order valence-electron chi connectivity index (χ1n) is 8.39. The van der Waals surface area contributed by atoms with Gasteiger partial charge in [-0.3, -0.25) is 9.69 Å². The number of aromatic nitrogens is 2. The quantitative estimate of drug-likeness (QED) is 0.508. The smallest absolute Gasteiger partial charge is 0.159 e. The van der Waals surface area contributed by atoms with E-state index in [0.29, 0.717) is 11.2 Å². The van der Waals surface area contributed by atoms with Crippen LogP contribution in [-0.4, -0.2) is 9.66 Å². The Bertz CT molecular complexity index is 1200. The highest BCUT2D eigenvalue weighted by atomic mass is 19.1. The van der Waals surface area contributed by atoms with Gasteiger partial charge in [0.15, 0.2) is 5.65 Å². The second kappa shape index (κ2) is 5.52. The maximum Gasteiger partial charge on any atom is 0.159 e. The number of anilines is 1. The van der Waals surface area contributed by atoms with E-state index in [1.54, 1.807) is 12.4 Å². The Balaban J connectivity index is 1.92. The van der Waals surface area contributed by atoms with E-state index in [0.717, 1.165) is 28.3 Å². The fraction of sp³-hybridized carbons (Fsp3) is 0.0500. The lowest BCUT2D eigenvalue weighted by Gasteiger charge is -2.29. The number of benzene rings is 2. The lowest BCUT2D eigenvalue weighted by atomic mass is 9.96. The average Bonchev–Trinajstić information content (AvgIpc) is 2.95. The van der Waals surface area contributed by atoms with Crippen molar-refractivity contribution in [1.82, 2.24) is 9.66 Å². The van der Waals surface area contributed by atoms with Gasteiger partial charge in [0, 0.05) is 40.5 Å². The number of hydrogen-bond acceptors (Lipinski definition) is 4. The van der Waals surface area contributed by atoms with Crippen LogP contribution >= 0.6 is 0 Å². The molecule has 4 N–H and O–H groups in total. The third-order valence-electron chi connectivity index (χ3n) is 5.04. The molecule has 3 heterocycles. The standard InChI is InChI=1S/C20H15F2N5/c21-11-5-6-14(16(22)9-11)19-15-10-26(23)20-18(15)13(7-8-25-20)12-3-1-2-4-17(12)27(19)24/h1-10,19H,23-24H2. The summed E-state index contributed by atoms with van der Waals surface area (Å²) in [5.41, 5.74) is 4.08. The molecule has 1 aliphatic rings. The first kappa shape index (κ1) is 15.8. The van der Waals surface area contributed by atoms with Crippen molar-refractivity contribution in [3.8, 4) is 11.1 Å². The number of fused-ring (bicyclic) bond motifs is 2. The maximum absolute atomic E-state index is 14.7. The molecule has 27 heavy (non-hydrogen) atoms. The first-order chi connectivity index (χ1) is 13.1. The summed E-state index contributed by atoms with van der Waals surface area (Å²) < 4.78 is 29.6. The van der Waals surface area contributed by atoms with Gasteiger partial charge in [-0.15, -0.1) is 0 Å². The molecule has 0 aliphatic carbocycles. The number of para-hydroxylation sites is 1. The van der Waals surface area contributed by atoms with Gasteiger partial charge in [-0.2, -0.15) is 0 Å². The molecule has 0 saturated carbocycles. The molecule has 1 atom stereocenters. The molecule has 134 valence electrons. The van der Waals surface area contributed by atoms with E-state index in [9.17, 15) is 8.78 Å². The van der Waals surface area contributed by atoms with Crippen molar-refractivity contribution >= 4 is 16.7 Å².